The van der Waals surface area contributed by atoms with Gasteiger partial charge in [0.25, 0.3) is 5.91 Å². The second-order valence-corrected chi connectivity index (χ2v) is 9.59. The van der Waals surface area contributed by atoms with Crippen molar-refractivity contribution in [3.8, 4) is 0 Å². The lowest BCUT2D eigenvalue weighted by Gasteiger charge is -2.37. The lowest BCUT2D eigenvalue weighted by Crippen LogP contribution is -2.48. The van der Waals surface area contributed by atoms with Crippen molar-refractivity contribution in [1.29, 1.82) is 0 Å². The van der Waals surface area contributed by atoms with Crippen LogP contribution in [0.5, 0.6) is 0 Å². The fraction of sp³-hybridized carbons (Fsp3) is 0.367. The molecule has 4 rings (SSSR count). The van der Waals surface area contributed by atoms with Crippen LogP contribution >= 0.6 is 0 Å². The Morgan fingerprint density at radius 2 is 1.40 bits per heavy atom. The van der Waals surface area contributed by atoms with E-state index in [0.29, 0.717) is 23.6 Å². The fourth-order valence-corrected chi connectivity index (χ4v) is 4.90. The number of para-hydroxylation sites is 1. The molecule has 3 aromatic rings. The highest BCUT2D eigenvalue weighted by Crippen LogP contribution is 2.30. The number of rotatable bonds is 9. The maximum Gasteiger partial charge on any atom is 0.261 e. The number of nitrogens with one attached hydrogen (secondary N) is 1. The van der Waals surface area contributed by atoms with Gasteiger partial charge in [-0.3, -0.25) is 9.69 Å². The quantitative estimate of drug-likeness (QED) is 0.455. The number of amides is 1. The van der Waals surface area contributed by atoms with E-state index in [2.05, 4.69) is 53.2 Å². The predicted octanol–water partition coefficient (Wildman–Crippen LogP) is 4.37. The number of aliphatic hydroxyl groups is 1. The van der Waals surface area contributed by atoms with Crippen LogP contribution in [0.2, 0.25) is 0 Å². The zero-order chi connectivity index (χ0) is 24.7. The summed E-state index contributed by atoms with van der Waals surface area (Å²) in [5.41, 5.74) is 2.20. The Labute approximate surface area is 209 Å². The van der Waals surface area contributed by atoms with Crippen LogP contribution in [0.25, 0.3) is 0 Å². The van der Waals surface area contributed by atoms with Gasteiger partial charge in [-0.05, 0) is 41.6 Å². The van der Waals surface area contributed by atoms with Crippen molar-refractivity contribution >= 4 is 11.6 Å². The second kappa shape index (κ2) is 11.5. The highest BCUT2D eigenvalue weighted by Gasteiger charge is 2.39. The third kappa shape index (κ3) is 5.75. The lowest BCUT2D eigenvalue weighted by atomic mass is 9.85. The molecule has 1 amide bonds. The summed E-state index contributed by atoms with van der Waals surface area (Å²) < 4.78 is 0. The molecular formula is C30H37N3O2. The van der Waals surface area contributed by atoms with Crippen molar-refractivity contribution < 1.29 is 9.90 Å². The Balaban J connectivity index is 1.29. The van der Waals surface area contributed by atoms with Gasteiger partial charge in [0.2, 0.25) is 0 Å². The molecule has 0 spiro atoms. The molecule has 0 aliphatic carbocycles. The summed E-state index contributed by atoms with van der Waals surface area (Å²) in [6, 6.07) is 27.0. The van der Waals surface area contributed by atoms with Crippen LogP contribution in [0.4, 0.5) is 5.69 Å². The average Bonchev–Trinajstić information content (AvgIpc) is 2.91. The minimum atomic E-state index is -1.71. The van der Waals surface area contributed by atoms with E-state index < -0.39 is 5.60 Å². The first-order chi connectivity index (χ1) is 17.0. The van der Waals surface area contributed by atoms with Crippen molar-refractivity contribution in [3.63, 3.8) is 0 Å². The molecule has 1 fully saturated rings. The van der Waals surface area contributed by atoms with Gasteiger partial charge in [-0.15, -0.1) is 0 Å². The van der Waals surface area contributed by atoms with E-state index in [0.717, 1.165) is 39.1 Å². The van der Waals surface area contributed by atoms with E-state index in [1.165, 1.54) is 11.3 Å². The summed E-state index contributed by atoms with van der Waals surface area (Å²) in [6.07, 6.45) is 0.841. The number of anilines is 1. The van der Waals surface area contributed by atoms with Gasteiger partial charge in [-0.1, -0.05) is 92.7 Å². The third-order valence-electron chi connectivity index (χ3n) is 6.92. The fourth-order valence-electron chi connectivity index (χ4n) is 4.90. The SMILES string of the molecule is CC(C)c1ccccc1N1CCN(CCCNC(=O)C(O)(c2ccccc2)c2ccccc2)CC1. The molecule has 3 aromatic carbocycles. The van der Waals surface area contributed by atoms with Crippen molar-refractivity contribution in [1.82, 2.24) is 10.2 Å². The van der Waals surface area contributed by atoms with Crippen molar-refractivity contribution in [2.24, 2.45) is 0 Å². The number of hydrogen-bond donors (Lipinski definition) is 2. The van der Waals surface area contributed by atoms with Crippen LogP contribution in [0.15, 0.2) is 84.9 Å². The molecule has 0 aromatic heterocycles. The standard InChI is InChI=1S/C30H37N3O2/c1-24(2)27-16-9-10-17-28(27)33-22-20-32(21-23-33)19-11-18-31-29(34)30(35,25-12-5-3-6-13-25)26-14-7-4-8-15-26/h3-10,12-17,24,35H,11,18-23H2,1-2H3,(H,31,34). The van der Waals surface area contributed by atoms with Gasteiger partial charge in [0.15, 0.2) is 5.60 Å². The Morgan fingerprint density at radius 1 is 0.857 bits per heavy atom. The predicted molar refractivity (Wildman–Crippen MR) is 143 cm³/mol. The van der Waals surface area contributed by atoms with Crippen molar-refractivity contribution in [2.45, 2.75) is 31.8 Å². The van der Waals surface area contributed by atoms with Gasteiger partial charge in [0.05, 0.1) is 0 Å². The summed E-state index contributed by atoms with van der Waals surface area (Å²) in [5, 5.41) is 14.5. The normalized spacial score (nSPS) is 14.8. The Bertz CT molecular complexity index is 1040. The van der Waals surface area contributed by atoms with Crippen LogP contribution in [0, 0.1) is 0 Å². The molecule has 5 heteroatoms. The molecule has 5 nitrogen and oxygen atoms in total. The highest BCUT2D eigenvalue weighted by molar-refractivity contribution is 5.90. The smallest absolute Gasteiger partial charge is 0.261 e. The maximum atomic E-state index is 13.2. The number of carbonyl (C=O) groups excluding carboxylic acids is 1. The molecule has 1 saturated heterocycles. The first-order valence-electron chi connectivity index (χ1n) is 12.7. The van der Waals surface area contributed by atoms with Gasteiger partial charge in [-0.25, -0.2) is 0 Å². The molecule has 35 heavy (non-hydrogen) atoms. The molecule has 1 heterocycles. The summed E-state index contributed by atoms with van der Waals surface area (Å²) in [7, 11) is 0. The summed E-state index contributed by atoms with van der Waals surface area (Å²) >= 11 is 0. The van der Waals surface area contributed by atoms with E-state index in [9.17, 15) is 9.90 Å². The number of benzene rings is 3. The summed E-state index contributed by atoms with van der Waals surface area (Å²) in [6.45, 7) is 10.00. The zero-order valence-electron chi connectivity index (χ0n) is 20.9. The highest BCUT2D eigenvalue weighted by atomic mass is 16.3. The number of hydrogen-bond acceptors (Lipinski definition) is 4. The van der Waals surface area contributed by atoms with Gasteiger partial charge >= 0.3 is 0 Å². The third-order valence-corrected chi connectivity index (χ3v) is 6.92. The molecule has 184 valence electrons. The molecule has 2 N–H and O–H groups in total. The molecule has 1 aliphatic heterocycles. The largest absolute Gasteiger partial charge is 0.372 e. The molecule has 0 saturated carbocycles. The van der Waals surface area contributed by atoms with E-state index in [-0.39, 0.29) is 5.91 Å². The zero-order valence-corrected chi connectivity index (χ0v) is 20.9. The van der Waals surface area contributed by atoms with Gasteiger partial charge in [0, 0.05) is 38.4 Å². The minimum Gasteiger partial charge on any atom is -0.372 e. The first-order valence-corrected chi connectivity index (χ1v) is 12.7. The number of carbonyl (C=O) groups is 1. The molecular weight excluding hydrogens is 434 g/mol. The van der Waals surface area contributed by atoms with Crippen molar-refractivity contribution in [2.75, 3.05) is 44.2 Å². The monoisotopic (exact) mass is 471 g/mol. The van der Waals surface area contributed by atoms with Crippen molar-refractivity contribution in [3.05, 3.63) is 102 Å². The average molecular weight is 472 g/mol. The molecule has 1 aliphatic rings. The number of piperazine rings is 1. The topological polar surface area (TPSA) is 55.8 Å². The Hall–Kier alpha value is -3.15. The molecule has 0 unspecified atom stereocenters. The van der Waals surface area contributed by atoms with Crippen LogP contribution in [0.1, 0.15) is 42.9 Å². The number of nitrogens with zero attached hydrogens (tertiary/aromatic N) is 2. The van der Waals surface area contributed by atoms with Gasteiger partial charge in [0.1, 0.15) is 0 Å². The molecule has 0 atom stereocenters. The van der Waals surface area contributed by atoms with Crippen LogP contribution < -0.4 is 10.2 Å². The first kappa shape index (κ1) is 25.0. The van der Waals surface area contributed by atoms with E-state index >= 15 is 0 Å². The van der Waals surface area contributed by atoms with Crippen LogP contribution in [-0.2, 0) is 10.4 Å². The van der Waals surface area contributed by atoms with Crippen LogP contribution in [0.3, 0.4) is 0 Å². The molecule has 0 radical (unpaired) electrons. The molecule has 0 bridgehead atoms. The van der Waals surface area contributed by atoms with Crippen LogP contribution in [-0.4, -0.2) is 55.2 Å². The Morgan fingerprint density at radius 3 is 1.97 bits per heavy atom. The minimum absolute atomic E-state index is 0.384. The van der Waals surface area contributed by atoms with E-state index in [4.69, 9.17) is 0 Å². The lowest BCUT2D eigenvalue weighted by molar-refractivity contribution is -0.136. The van der Waals surface area contributed by atoms with E-state index in [1.807, 2.05) is 36.4 Å². The Kier molecular flexibility index (Phi) is 8.21. The van der Waals surface area contributed by atoms with Gasteiger partial charge in [-0.2, -0.15) is 0 Å². The van der Waals surface area contributed by atoms with Gasteiger partial charge < -0.3 is 15.3 Å². The maximum absolute atomic E-state index is 13.2. The van der Waals surface area contributed by atoms with E-state index in [1.54, 1.807) is 24.3 Å². The summed E-state index contributed by atoms with van der Waals surface area (Å²) in [5.74, 6) is 0.128. The second-order valence-electron chi connectivity index (χ2n) is 9.59. The summed E-state index contributed by atoms with van der Waals surface area (Å²) in [4.78, 5) is 18.2.